The van der Waals surface area contributed by atoms with Crippen LogP contribution in [0, 0.1) is 5.82 Å². The van der Waals surface area contributed by atoms with Crippen LogP contribution in [0.1, 0.15) is 0 Å². The zero-order valence-electron chi connectivity index (χ0n) is 31.3. The minimum absolute atomic E-state index is 0.254. The number of benzene rings is 10. The zero-order valence-corrected chi connectivity index (χ0v) is 32.3. The summed E-state index contributed by atoms with van der Waals surface area (Å²) in [5, 5.41) is 12.8. The SMILES string of the molecule is Fc1ccc(N(c2ccccc2)c2ccc([Si](c3ccccc3)(c3ccc(-c4ccccc4)cc3)c3ccc4c5ccccc5c5ccccc5c4c3)cc2)cc1. The van der Waals surface area contributed by atoms with Gasteiger partial charge in [0.1, 0.15) is 5.82 Å². The van der Waals surface area contributed by atoms with Crippen LogP contribution in [0.5, 0.6) is 0 Å². The Kier molecular flexibility index (Phi) is 8.78. The summed E-state index contributed by atoms with van der Waals surface area (Å²) >= 11 is 0. The maximum atomic E-state index is 14.2. The van der Waals surface area contributed by atoms with Crippen molar-refractivity contribution in [2.24, 2.45) is 0 Å². The van der Waals surface area contributed by atoms with Gasteiger partial charge in [-0.25, -0.2) is 4.39 Å². The molecule has 0 aliphatic rings. The van der Waals surface area contributed by atoms with Gasteiger partial charge in [-0.2, -0.15) is 0 Å². The van der Waals surface area contributed by atoms with Crippen molar-refractivity contribution in [1.29, 1.82) is 0 Å². The zero-order chi connectivity index (χ0) is 38.2. The Morgan fingerprint density at radius 2 is 0.649 bits per heavy atom. The Labute approximate surface area is 333 Å². The van der Waals surface area contributed by atoms with Crippen LogP contribution in [-0.2, 0) is 0 Å². The third-order valence-electron chi connectivity index (χ3n) is 11.5. The molecule has 57 heavy (non-hydrogen) atoms. The van der Waals surface area contributed by atoms with Crippen molar-refractivity contribution >= 4 is 78.2 Å². The minimum atomic E-state index is -2.99. The molecule has 0 aliphatic heterocycles. The Hall–Kier alpha value is -7.07. The molecule has 0 fully saturated rings. The molecule has 0 aliphatic carbocycles. The van der Waals surface area contributed by atoms with Crippen molar-refractivity contribution < 1.29 is 4.39 Å². The fraction of sp³-hybridized carbons (Fsp3) is 0. The minimum Gasteiger partial charge on any atom is -0.311 e. The maximum Gasteiger partial charge on any atom is 0.179 e. The molecule has 0 bridgehead atoms. The first-order valence-electron chi connectivity index (χ1n) is 19.4. The molecule has 0 N–H and O–H groups in total. The van der Waals surface area contributed by atoms with Gasteiger partial charge in [0.2, 0.25) is 0 Å². The normalized spacial score (nSPS) is 12.4. The van der Waals surface area contributed by atoms with Crippen molar-refractivity contribution in [3.63, 3.8) is 0 Å². The smallest absolute Gasteiger partial charge is 0.179 e. The van der Waals surface area contributed by atoms with Gasteiger partial charge in [0.15, 0.2) is 8.07 Å². The molecule has 3 heteroatoms. The van der Waals surface area contributed by atoms with Crippen LogP contribution in [0.2, 0.25) is 0 Å². The van der Waals surface area contributed by atoms with Gasteiger partial charge < -0.3 is 4.90 Å². The van der Waals surface area contributed by atoms with E-state index in [-0.39, 0.29) is 5.82 Å². The van der Waals surface area contributed by atoms with Crippen LogP contribution >= 0.6 is 0 Å². The van der Waals surface area contributed by atoms with Crippen LogP contribution < -0.4 is 25.6 Å². The molecule has 10 rings (SSSR count). The average Bonchev–Trinajstić information content (AvgIpc) is 3.29. The molecule has 0 heterocycles. The number of nitrogens with zero attached hydrogens (tertiary/aromatic N) is 1. The highest BCUT2D eigenvalue weighted by atomic mass is 28.3. The first-order valence-corrected chi connectivity index (χ1v) is 21.4. The van der Waals surface area contributed by atoms with E-state index in [1.165, 1.54) is 76.3 Å². The van der Waals surface area contributed by atoms with Crippen LogP contribution in [0.15, 0.2) is 231 Å². The molecule has 10 aromatic carbocycles. The molecule has 0 saturated heterocycles. The topological polar surface area (TPSA) is 3.24 Å². The van der Waals surface area contributed by atoms with E-state index in [2.05, 4.69) is 193 Å². The van der Waals surface area contributed by atoms with Crippen molar-refractivity contribution in [3.8, 4) is 11.1 Å². The van der Waals surface area contributed by atoms with Crippen molar-refractivity contribution in [2.45, 2.75) is 0 Å². The van der Waals surface area contributed by atoms with E-state index in [0.29, 0.717) is 0 Å². The lowest BCUT2D eigenvalue weighted by Crippen LogP contribution is -2.74. The summed E-state index contributed by atoms with van der Waals surface area (Å²) in [4.78, 5) is 2.19. The Morgan fingerprint density at radius 3 is 1.21 bits per heavy atom. The van der Waals surface area contributed by atoms with Gasteiger partial charge in [-0.3, -0.25) is 0 Å². The molecule has 270 valence electrons. The third kappa shape index (κ3) is 6.01. The molecule has 0 amide bonds. The van der Waals surface area contributed by atoms with E-state index >= 15 is 0 Å². The monoisotopic (exact) mass is 747 g/mol. The van der Waals surface area contributed by atoms with Crippen LogP contribution in [0.4, 0.5) is 21.5 Å². The second kappa shape index (κ2) is 14.5. The van der Waals surface area contributed by atoms with Gasteiger partial charge in [-0.15, -0.1) is 0 Å². The Bertz CT molecular complexity index is 2950. The molecular weight excluding hydrogens is 710 g/mol. The summed E-state index contributed by atoms with van der Waals surface area (Å²) in [5.41, 5.74) is 5.30. The summed E-state index contributed by atoms with van der Waals surface area (Å²) in [6.45, 7) is 0. The molecule has 10 aromatic rings. The van der Waals surface area contributed by atoms with Crippen LogP contribution in [0.3, 0.4) is 0 Å². The van der Waals surface area contributed by atoms with Gasteiger partial charge >= 0.3 is 0 Å². The molecule has 0 aromatic heterocycles. The van der Waals surface area contributed by atoms with Gasteiger partial charge in [-0.05, 0) is 113 Å². The van der Waals surface area contributed by atoms with Crippen LogP contribution in [0.25, 0.3) is 43.4 Å². The number of hydrogen-bond donors (Lipinski definition) is 0. The fourth-order valence-corrected chi connectivity index (χ4v) is 13.6. The standard InChI is InChI=1S/C54H38FNSi/c55-41-26-28-43(29-27-41)56(42-16-6-2-7-17-42)44-30-34-47(35-31-44)57(45-18-8-3-9-19-45,46-32-24-40(25-33-46)39-14-4-1-5-15-39)48-36-37-53-51-22-11-10-20-49(51)50-21-12-13-23-52(50)54(53)38-48/h1-38H. The summed E-state index contributed by atoms with van der Waals surface area (Å²) in [7, 11) is -2.99. The lowest BCUT2D eigenvalue weighted by Gasteiger charge is -2.35. The number of hydrogen-bond acceptors (Lipinski definition) is 1. The highest BCUT2D eigenvalue weighted by Crippen LogP contribution is 2.36. The highest BCUT2D eigenvalue weighted by molar-refractivity contribution is 7.20. The highest BCUT2D eigenvalue weighted by Gasteiger charge is 2.42. The fourth-order valence-electron chi connectivity index (χ4n) is 8.85. The summed E-state index contributed by atoms with van der Waals surface area (Å²) < 4.78 is 14.2. The number of para-hydroxylation sites is 1. The Morgan fingerprint density at radius 1 is 0.281 bits per heavy atom. The first kappa shape index (κ1) is 34.4. The van der Waals surface area contributed by atoms with E-state index in [1.54, 1.807) is 0 Å². The summed E-state index contributed by atoms with van der Waals surface area (Å²) in [5.74, 6) is -0.254. The second-order valence-corrected chi connectivity index (χ2v) is 18.4. The van der Waals surface area contributed by atoms with Gasteiger partial charge in [0.25, 0.3) is 0 Å². The van der Waals surface area contributed by atoms with Crippen molar-refractivity contribution in [3.05, 3.63) is 236 Å². The molecular formula is C54H38FNSi. The molecule has 0 radical (unpaired) electrons. The van der Waals surface area contributed by atoms with E-state index in [4.69, 9.17) is 0 Å². The lowest BCUT2D eigenvalue weighted by atomic mass is 9.94. The largest absolute Gasteiger partial charge is 0.311 e. The van der Waals surface area contributed by atoms with E-state index in [1.807, 2.05) is 30.3 Å². The first-order chi connectivity index (χ1) is 28.2. The summed E-state index contributed by atoms with van der Waals surface area (Å²) in [6.07, 6.45) is 0. The molecule has 0 saturated carbocycles. The molecule has 0 spiro atoms. The van der Waals surface area contributed by atoms with Crippen molar-refractivity contribution in [2.75, 3.05) is 4.90 Å². The van der Waals surface area contributed by atoms with Crippen molar-refractivity contribution in [1.82, 2.24) is 0 Å². The van der Waals surface area contributed by atoms with Crippen LogP contribution in [-0.4, -0.2) is 8.07 Å². The van der Waals surface area contributed by atoms with E-state index < -0.39 is 8.07 Å². The Balaban J connectivity index is 1.24. The van der Waals surface area contributed by atoms with Gasteiger partial charge in [-0.1, -0.05) is 182 Å². The predicted molar refractivity (Wildman–Crippen MR) is 243 cm³/mol. The number of rotatable bonds is 8. The van der Waals surface area contributed by atoms with Gasteiger partial charge in [0.05, 0.1) is 0 Å². The predicted octanol–water partition coefficient (Wildman–Crippen LogP) is 11.8. The summed E-state index contributed by atoms with van der Waals surface area (Å²) in [6, 6.07) is 82.1. The van der Waals surface area contributed by atoms with Gasteiger partial charge in [0, 0.05) is 17.1 Å². The second-order valence-electron chi connectivity index (χ2n) is 14.6. The lowest BCUT2D eigenvalue weighted by molar-refractivity contribution is 0.628. The molecule has 1 nitrogen and oxygen atoms in total. The third-order valence-corrected chi connectivity index (χ3v) is 16.2. The number of fused-ring (bicyclic) bond motifs is 6. The molecule has 1 atom stereocenters. The average molecular weight is 748 g/mol. The van der Waals surface area contributed by atoms with E-state index in [9.17, 15) is 4.39 Å². The molecule has 1 unspecified atom stereocenters. The number of halogens is 1. The maximum absolute atomic E-state index is 14.2. The number of anilines is 3. The van der Waals surface area contributed by atoms with E-state index in [0.717, 1.165) is 17.1 Å². The quantitative estimate of drug-likeness (QED) is 0.0850.